The number of amides is 1. The average Bonchev–Trinajstić information content (AvgIpc) is 2.73. The highest BCUT2D eigenvalue weighted by Crippen LogP contribution is 2.18. The number of carbonyl (C=O) groups is 1. The first-order valence-electron chi connectivity index (χ1n) is 9.38. The molecule has 29 heavy (non-hydrogen) atoms. The monoisotopic (exact) mass is 384 g/mol. The number of aliphatic hydroxyl groups is 1. The number of hydrogen-bond donors (Lipinski definition) is 3. The van der Waals surface area contributed by atoms with Crippen LogP contribution in [-0.2, 0) is 4.79 Å². The van der Waals surface area contributed by atoms with Gasteiger partial charge >= 0.3 is 0 Å². The second-order valence-electron chi connectivity index (χ2n) is 6.79. The van der Waals surface area contributed by atoms with Crippen molar-refractivity contribution in [3.63, 3.8) is 0 Å². The van der Waals surface area contributed by atoms with Gasteiger partial charge in [-0.05, 0) is 47.9 Å². The zero-order valence-electron chi connectivity index (χ0n) is 16.2. The first kappa shape index (κ1) is 20.1. The van der Waals surface area contributed by atoms with Gasteiger partial charge in [-0.3, -0.25) is 4.79 Å². The van der Waals surface area contributed by atoms with E-state index in [1.165, 1.54) is 6.08 Å². The third-order valence-electron chi connectivity index (χ3n) is 4.45. The van der Waals surface area contributed by atoms with E-state index in [0.717, 1.165) is 22.3 Å². The summed E-state index contributed by atoms with van der Waals surface area (Å²) in [6, 6.07) is 22.6. The molecule has 0 saturated heterocycles. The first-order chi connectivity index (χ1) is 14.0. The summed E-state index contributed by atoms with van der Waals surface area (Å²) >= 11 is 0. The van der Waals surface area contributed by atoms with Crippen LogP contribution in [-0.4, -0.2) is 11.0 Å². The topological polar surface area (TPSA) is 75.3 Å². The second kappa shape index (κ2) is 9.53. The van der Waals surface area contributed by atoms with Crippen molar-refractivity contribution in [3.05, 3.63) is 107 Å². The van der Waals surface area contributed by atoms with Gasteiger partial charge in [-0.2, -0.15) is 0 Å². The van der Waals surface area contributed by atoms with Crippen molar-refractivity contribution in [1.82, 2.24) is 0 Å². The Labute approximate surface area is 171 Å². The third kappa shape index (κ3) is 5.92. The molecular weight excluding hydrogens is 360 g/mol. The van der Waals surface area contributed by atoms with Crippen LogP contribution in [0.15, 0.2) is 84.9 Å². The second-order valence-corrected chi connectivity index (χ2v) is 6.79. The molecular formula is C25H24N2O2. The van der Waals surface area contributed by atoms with E-state index in [0.29, 0.717) is 11.4 Å². The normalized spacial score (nSPS) is 12.3. The molecule has 0 aliphatic rings. The molecule has 0 aromatic heterocycles. The summed E-state index contributed by atoms with van der Waals surface area (Å²) in [6.45, 7) is 2.01. The van der Waals surface area contributed by atoms with Gasteiger partial charge < -0.3 is 16.2 Å². The Morgan fingerprint density at radius 3 is 2.38 bits per heavy atom. The fraction of sp³-hybridized carbons (Fsp3) is 0.0800. The molecule has 1 atom stereocenters. The Bertz CT molecular complexity index is 1040. The average molecular weight is 384 g/mol. The SMILES string of the molecule is Cc1ccc(C(O)/C=C/c2cccc(/C=C/C(=O)Nc3ccccc3N)c2)cc1. The molecule has 1 unspecified atom stereocenters. The van der Waals surface area contributed by atoms with Crippen LogP contribution < -0.4 is 11.1 Å². The smallest absolute Gasteiger partial charge is 0.248 e. The van der Waals surface area contributed by atoms with E-state index in [4.69, 9.17) is 5.73 Å². The molecule has 1 amide bonds. The van der Waals surface area contributed by atoms with Gasteiger partial charge in [0.15, 0.2) is 0 Å². The van der Waals surface area contributed by atoms with E-state index < -0.39 is 6.10 Å². The molecule has 146 valence electrons. The Kier molecular flexibility index (Phi) is 6.61. The number of carbonyl (C=O) groups excluding carboxylic acids is 1. The van der Waals surface area contributed by atoms with Crippen LogP contribution in [0.5, 0.6) is 0 Å². The molecule has 0 aliphatic heterocycles. The molecule has 4 nitrogen and oxygen atoms in total. The number of benzene rings is 3. The minimum absolute atomic E-state index is 0.251. The number of nitrogens with one attached hydrogen (secondary N) is 1. The van der Waals surface area contributed by atoms with Crippen molar-refractivity contribution in [2.24, 2.45) is 0 Å². The highest BCUT2D eigenvalue weighted by molar-refractivity contribution is 6.03. The molecule has 0 fully saturated rings. The molecule has 0 bridgehead atoms. The number of aliphatic hydroxyl groups excluding tert-OH is 1. The van der Waals surface area contributed by atoms with Gasteiger partial charge in [0.1, 0.15) is 0 Å². The van der Waals surface area contributed by atoms with E-state index >= 15 is 0 Å². The van der Waals surface area contributed by atoms with Crippen molar-refractivity contribution >= 4 is 29.4 Å². The minimum Gasteiger partial charge on any atom is -0.397 e. The number of aryl methyl sites for hydroxylation is 1. The maximum absolute atomic E-state index is 12.1. The Balaban J connectivity index is 1.64. The molecule has 4 N–H and O–H groups in total. The number of para-hydroxylation sites is 2. The Morgan fingerprint density at radius 2 is 1.66 bits per heavy atom. The lowest BCUT2D eigenvalue weighted by molar-refractivity contribution is -0.111. The predicted octanol–water partition coefficient (Wildman–Crippen LogP) is 4.98. The number of anilines is 2. The van der Waals surface area contributed by atoms with Gasteiger partial charge in [0.05, 0.1) is 17.5 Å². The summed E-state index contributed by atoms with van der Waals surface area (Å²) in [7, 11) is 0. The highest BCUT2D eigenvalue weighted by Gasteiger charge is 2.03. The summed E-state index contributed by atoms with van der Waals surface area (Å²) in [5.41, 5.74) is 10.8. The van der Waals surface area contributed by atoms with Crippen molar-refractivity contribution in [1.29, 1.82) is 0 Å². The largest absolute Gasteiger partial charge is 0.397 e. The third-order valence-corrected chi connectivity index (χ3v) is 4.45. The van der Waals surface area contributed by atoms with Crippen molar-refractivity contribution < 1.29 is 9.90 Å². The molecule has 0 radical (unpaired) electrons. The van der Waals surface area contributed by atoms with Crippen molar-refractivity contribution in [2.45, 2.75) is 13.0 Å². The van der Waals surface area contributed by atoms with E-state index in [1.54, 1.807) is 24.3 Å². The fourth-order valence-electron chi connectivity index (χ4n) is 2.80. The molecule has 3 rings (SSSR count). The number of rotatable bonds is 6. The van der Waals surface area contributed by atoms with Crippen LogP contribution in [0.4, 0.5) is 11.4 Å². The number of nitrogens with two attached hydrogens (primary N) is 1. The fourth-order valence-corrected chi connectivity index (χ4v) is 2.80. The molecule has 0 spiro atoms. The van der Waals surface area contributed by atoms with Gasteiger partial charge in [0, 0.05) is 6.08 Å². The Hall–Kier alpha value is -3.63. The lowest BCUT2D eigenvalue weighted by atomic mass is 10.1. The van der Waals surface area contributed by atoms with Gasteiger partial charge in [-0.1, -0.05) is 72.3 Å². The molecule has 0 aliphatic carbocycles. The van der Waals surface area contributed by atoms with Crippen molar-refractivity contribution in [2.75, 3.05) is 11.1 Å². The molecule has 3 aromatic carbocycles. The predicted molar refractivity (Wildman–Crippen MR) is 120 cm³/mol. The minimum atomic E-state index is -0.670. The van der Waals surface area contributed by atoms with Crippen molar-refractivity contribution in [3.8, 4) is 0 Å². The summed E-state index contributed by atoms with van der Waals surface area (Å²) in [5.74, 6) is -0.251. The maximum Gasteiger partial charge on any atom is 0.248 e. The van der Waals surface area contributed by atoms with Gasteiger partial charge in [-0.15, -0.1) is 0 Å². The standard InChI is InChI=1S/C25H24N2O2/c1-18-9-13-21(14-10-18)24(28)15-11-19-5-4-6-20(17-19)12-16-25(29)27-23-8-3-2-7-22(23)26/h2-17,24,28H,26H2,1H3,(H,27,29)/b15-11+,16-12+. The lowest BCUT2D eigenvalue weighted by Crippen LogP contribution is -2.09. The summed E-state index contributed by atoms with van der Waals surface area (Å²) in [5, 5.41) is 13.1. The lowest BCUT2D eigenvalue weighted by Gasteiger charge is -2.06. The van der Waals surface area contributed by atoms with Gasteiger partial charge in [-0.25, -0.2) is 0 Å². The zero-order valence-corrected chi connectivity index (χ0v) is 16.2. The zero-order chi connectivity index (χ0) is 20.6. The van der Waals surface area contributed by atoms with Gasteiger partial charge in [0.2, 0.25) is 5.91 Å². The van der Waals surface area contributed by atoms with Crippen LogP contribution in [0, 0.1) is 6.92 Å². The van der Waals surface area contributed by atoms with Crippen LogP contribution in [0.1, 0.15) is 28.4 Å². The summed E-state index contributed by atoms with van der Waals surface area (Å²) < 4.78 is 0. The van der Waals surface area contributed by atoms with Gasteiger partial charge in [0.25, 0.3) is 0 Å². The Morgan fingerprint density at radius 1 is 0.966 bits per heavy atom. The van der Waals surface area contributed by atoms with E-state index in [-0.39, 0.29) is 5.91 Å². The van der Waals surface area contributed by atoms with Crippen LogP contribution in [0.2, 0.25) is 0 Å². The molecule has 4 heteroatoms. The molecule has 0 saturated carbocycles. The van der Waals surface area contributed by atoms with Crippen LogP contribution in [0.3, 0.4) is 0 Å². The quantitative estimate of drug-likeness (QED) is 0.415. The molecule has 0 heterocycles. The summed E-state index contributed by atoms with van der Waals surface area (Å²) in [4.78, 5) is 12.1. The highest BCUT2D eigenvalue weighted by atomic mass is 16.3. The first-order valence-corrected chi connectivity index (χ1v) is 9.38. The van der Waals surface area contributed by atoms with Crippen LogP contribution in [0.25, 0.3) is 12.2 Å². The van der Waals surface area contributed by atoms with E-state index in [9.17, 15) is 9.90 Å². The number of hydrogen-bond acceptors (Lipinski definition) is 3. The van der Waals surface area contributed by atoms with E-state index in [2.05, 4.69) is 5.32 Å². The maximum atomic E-state index is 12.1. The summed E-state index contributed by atoms with van der Waals surface area (Å²) in [6.07, 6.45) is 6.15. The number of nitrogen functional groups attached to an aromatic ring is 1. The van der Waals surface area contributed by atoms with E-state index in [1.807, 2.05) is 73.7 Å². The molecule has 3 aromatic rings. The van der Waals surface area contributed by atoms with Crippen LogP contribution >= 0.6 is 0 Å².